The first-order chi connectivity index (χ1) is 20.4. The van der Waals surface area contributed by atoms with Gasteiger partial charge >= 0.3 is 5.97 Å². The molecule has 1 saturated carbocycles. The van der Waals surface area contributed by atoms with Gasteiger partial charge in [-0.05, 0) is 68.9 Å². The third-order valence-corrected chi connectivity index (χ3v) is 9.40. The number of nitrogens with one attached hydrogen (secondary N) is 3. The minimum Gasteiger partial charge on any atom is -0.480 e. The van der Waals surface area contributed by atoms with Crippen LogP contribution in [0.4, 0.5) is 5.69 Å². The fourth-order valence-electron chi connectivity index (χ4n) is 5.21. The maximum atomic E-state index is 12.7. The van der Waals surface area contributed by atoms with Crippen molar-refractivity contribution in [3.05, 3.63) is 60.2 Å². The first-order valence-corrected chi connectivity index (χ1v) is 15.1. The topological polar surface area (TPSA) is 226 Å². The number of guanidine groups is 1. The molecular formula is C28H37N7O7S. The maximum absolute atomic E-state index is 12.7. The molecule has 3 amide bonds. The van der Waals surface area contributed by atoms with E-state index in [1.807, 2.05) is 11.4 Å². The molecule has 5 rings (SSSR count). The van der Waals surface area contributed by atoms with E-state index in [1.165, 1.54) is 25.0 Å². The fourth-order valence-corrected chi connectivity index (χ4v) is 7.17. The Bertz CT molecular complexity index is 1420. The van der Waals surface area contributed by atoms with E-state index >= 15 is 0 Å². The molecular weight excluding hydrogens is 578 g/mol. The zero-order chi connectivity index (χ0) is 31.6. The number of nitrogens with zero attached hydrogens (tertiary/aromatic N) is 2. The number of hydrogen-bond acceptors (Lipinski definition) is 7. The van der Waals surface area contributed by atoms with Gasteiger partial charge in [0.05, 0.1) is 17.1 Å². The minimum absolute atomic E-state index is 0.155. The molecule has 2 unspecified atom stereocenters. The van der Waals surface area contributed by atoms with Crippen molar-refractivity contribution in [3.8, 4) is 0 Å². The number of piperidine rings is 2. The number of benzene rings is 2. The highest BCUT2D eigenvalue weighted by molar-refractivity contribution is 7.89. The maximum Gasteiger partial charge on any atom is 0.328 e. The number of sulfonamides is 1. The van der Waals surface area contributed by atoms with Crippen molar-refractivity contribution in [1.82, 2.24) is 20.3 Å². The standard InChI is InChI=1S/C14H18N6O5.C14H19NO2S/c15-14(16)20-9-3-1-2-8(4-9)12(23)18-6-11(22)17-5-10(13(24)25)19-7-21;1-11-12-7-9-13(10-8-12)15(11)18(16,17)14-5-3-2-4-6-14/h1-4,7,10H,5-6H2,(H,17,22)(H,18,23)(H,19,21)(H,24,25)(H4,15,16,20);2-6,11-13H,7-10H2,1H3. The number of hydrogen-bond donors (Lipinski definition) is 6. The number of carbonyl (C=O) groups excluding carboxylic acids is 3. The van der Waals surface area contributed by atoms with Crippen LogP contribution in [0.1, 0.15) is 43.0 Å². The Hall–Kier alpha value is -4.50. The predicted octanol–water partition coefficient (Wildman–Crippen LogP) is 0.275. The molecule has 0 aromatic heterocycles. The molecule has 2 saturated heterocycles. The van der Waals surface area contributed by atoms with Gasteiger partial charge in [0, 0.05) is 24.2 Å². The molecule has 2 aliphatic heterocycles. The van der Waals surface area contributed by atoms with Crippen molar-refractivity contribution in [3.63, 3.8) is 0 Å². The van der Waals surface area contributed by atoms with Crippen molar-refractivity contribution >= 4 is 45.9 Å². The number of fused-ring (bicyclic) bond motifs is 3. The van der Waals surface area contributed by atoms with Crippen LogP contribution in [0.3, 0.4) is 0 Å². The summed E-state index contributed by atoms with van der Waals surface area (Å²) >= 11 is 0. The average Bonchev–Trinajstić information content (AvgIpc) is 2.99. The van der Waals surface area contributed by atoms with E-state index in [9.17, 15) is 27.6 Å². The largest absolute Gasteiger partial charge is 0.480 e. The molecule has 2 atom stereocenters. The lowest BCUT2D eigenvalue weighted by Crippen LogP contribution is -2.56. The van der Waals surface area contributed by atoms with Crippen LogP contribution in [0.5, 0.6) is 0 Å². The Morgan fingerprint density at radius 1 is 1.05 bits per heavy atom. The van der Waals surface area contributed by atoms with E-state index in [0.29, 0.717) is 16.5 Å². The number of amides is 3. The molecule has 1 aliphatic carbocycles. The van der Waals surface area contributed by atoms with Gasteiger partial charge in [0.25, 0.3) is 5.91 Å². The number of aliphatic imine (C=N–C) groups is 1. The lowest BCUT2D eigenvalue weighted by atomic mass is 9.77. The first-order valence-electron chi connectivity index (χ1n) is 13.7. The van der Waals surface area contributed by atoms with Crippen LogP contribution in [0.15, 0.2) is 64.5 Å². The summed E-state index contributed by atoms with van der Waals surface area (Å²) in [5, 5.41) is 15.5. The highest BCUT2D eigenvalue weighted by Crippen LogP contribution is 2.42. The number of rotatable bonds is 11. The number of carboxylic acids is 1. The van der Waals surface area contributed by atoms with Gasteiger partial charge < -0.3 is 32.5 Å². The summed E-state index contributed by atoms with van der Waals surface area (Å²) in [5.41, 5.74) is 11.1. The Balaban J connectivity index is 0.000000246. The summed E-state index contributed by atoms with van der Waals surface area (Å²) in [6.45, 7) is 1.37. The van der Waals surface area contributed by atoms with E-state index in [0.717, 1.165) is 12.8 Å². The van der Waals surface area contributed by atoms with E-state index in [-0.39, 0.29) is 43.1 Å². The smallest absolute Gasteiger partial charge is 0.328 e. The average molecular weight is 616 g/mol. The second kappa shape index (κ2) is 15.1. The van der Waals surface area contributed by atoms with Crippen molar-refractivity contribution in [1.29, 1.82) is 0 Å². The molecule has 3 aliphatic rings. The van der Waals surface area contributed by atoms with Crippen LogP contribution >= 0.6 is 0 Å². The number of carboxylic acid groups (broad SMARTS) is 1. The predicted molar refractivity (Wildman–Crippen MR) is 159 cm³/mol. The zero-order valence-corrected chi connectivity index (χ0v) is 24.5. The summed E-state index contributed by atoms with van der Waals surface area (Å²) in [6.07, 6.45) is 4.65. The van der Waals surface area contributed by atoms with Gasteiger partial charge in [-0.3, -0.25) is 14.4 Å². The van der Waals surface area contributed by atoms with Crippen molar-refractivity contribution < 1.29 is 32.7 Å². The number of carbonyl (C=O) groups is 4. The molecule has 232 valence electrons. The van der Waals surface area contributed by atoms with Gasteiger partial charge in [0.2, 0.25) is 22.3 Å². The Labute approximate surface area is 250 Å². The second-order valence-corrected chi connectivity index (χ2v) is 12.0. The SMILES string of the molecule is CC1C2CCC(CC2)N1S(=O)(=O)c1ccccc1.NC(N)=Nc1cccc(C(=O)NCC(=O)NCC(NC=O)C(=O)O)c1. The van der Waals surface area contributed by atoms with Gasteiger partial charge in [-0.1, -0.05) is 24.3 Å². The Morgan fingerprint density at radius 2 is 1.72 bits per heavy atom. The molecule has 0 spiro atoms. The highest BCUT2D eigenvalue weighted by Gasteiger charge is 2.45. The summed E-state index contributed by atoms with van der Waals surface area (Å²) < 4.78 is 27.2. The van der Waals surface area contributed by atoms with Crippen molar-refractivity contribution in [2.24, 2.45) is 22.4 Å². The Morgan fingerprint density at radius 3 is 2.30 bits per heavy atom. The summed E-state index contributed by atoms with van der Waals surface area (Å²) in [6, 6.07) is 14.0. The Kier molecular flexibility index (Phi) is 11.6. The third kappa shape index (κ3) is 8.99. The quantitative estimate of drug-likeness (QED) is 0.116. The molecule has 2 aromatic carbocycles. The molecule has 3 fully saturated rings. The normalized spacial score (nSPS) is 20.0. The molecule has 2 aromatic rings. The minimum atomic E-state index is -3.31. The van der Waals surface area contributed by atoms with Gasteiger partial charge in [-0.25, -0.2) is 18.2 Å². The number of aliphatic carboxylic acids is 1. The molecule has 2 bridgehead atoms. The first kappa shape index (κ1) is 33.0. The monoisotopic (exact) mass is 615 g/mol. The molecule has 0 radical (unpaired) electrons. The highest BCUT2D eigenvalue weighted by atomic mass is 32.2. The summed E-state index contributed by atoms with van der Waals surface area (Å²) in [4.78, 5) is 48.9. The zero-order valence-electron chi connectivity index (χ0n) is 23.7. The van der Waals surface area contributed by atoms with E-state index in [2.05, 4.69) is 22.5 Å². The van der Waals surface area contributed by atoms with E-state index < -0.39 is 33.8 Å². The molecule has 14 nitrogen and oxygen atoms in total. The van der Waals surface area contributed by atoms with Crippen LogP contribution in [0.25, 0.3) is 0 Å². The number of nitrogens with two attached hydrogens (primary N) is 2. The lowest BCUT2D eigenvalue weighted by molar-refractivity contribution is -0.140. The van der Waals surface area contributed by atoms with Crippen LogP contribution in [-0.4, -0.2) is 79.2 Å². The van der Waals surface area contributed by atoms with Crippen LogP contribution in [-0.2, 0) is 24.4 Å². The molecule has 15 heteroatoms. The second-order valence-electron chi connectivity index (χ2n) is 10.2. The summed E-state index contributed by atoms with van der Waals surface area (Å²) in [7, 11) is -3.31. The molecule has 2 heterocycles. The molecule has 43 heavy (non-hydrogen) atoms. The molecule has 8 N–H and O–H groups in total. The third-order valence-electron chi connectivity index (χ3n) is 7.35. The van der Waals surface area contributed by atoms with Gasteiger partial charge in [0.1, 0.15) is 6.04 Å². The van der Waals surface area contributed by atoms with E-state index in [4.69, 9.17) is 16.6 Å². The van der Waals surface area contributed by atoms with Crippen LogP contribution in [0.2, 0.25) is 0 Å². The van der Waals surface area contributed by atoms with Gasteiger partial charge in [-0.2, -0.15) is 4.31 Å². The van der Waals surface area contributed by atoms with Crippen LogP contribution in [0, 0.1) is 5.92 Å². The lowest BCUT2D eigenvalue weighted by Gasteiger charge is -2.49. The van der Waals surface area contributed by atoms with Gasteiger partial charge in [-0.15, -0.1) is 0 Å². The fraction of sp³-hybridized carbons (Fsp3) is 0.393. The van der Waals surface area contributed by atoms with E-state index in [1.54, 1.807) is 40.7 Å². The van der Waals surface area contributed by atoms with Crippen molar-refractivity contribution in [2.75, 3.05) is 13.1 Å². The van der Waals surface area contributed by atoms with Crippen LogP contribution < -0.4 is 27.4 Å². The summed E-state index contributed by atoms with van der Waals surface area (Å²) in [5.74, 6) is -2.06. The van der Waals surface area contributed by atoms with Gasteiger partial charge in [0.15, 0.2) is 5.96 Å². The van der Waals surface area contributed by atoms with Crippen molar-refractivity contribution in [2.45, 2.75) is 55.6 Å².